The predicted molar refractivity (Wildman–Crippen MR) is 71.3 cm³/mol. The van der Waals surface area contributed by atoms with Crippen LogP contribution in [0.3, 0.4) is 0 Å². The van der Waals surface area contributed by atoms with Crippen molar-refractivity contribution in [3.8, 4) is 0 Å². The molecule has 0 aromatic heterocycles. The first-order valence-corrected chi connectivity index (χ1v) is 6.80. The Morgan fingerprint density at radius 2 is 2.11 bits per heavy atom. The molecule has 1 N–H and O–H groups in total. The molecule has 0 unspecified atom stereocenters. The van der Waals surface area contributed by atoms with Gasteiger partial charge < -0.3 is 5.32 Å². The van der Waals surface area contributed by atoms with E-state index in [9.17, 15) is 14.5 Å². The summed E-state index contributed by atoms with van der Waals surface area (Å²) in [4.78, 5) is 9.79. The molecule has 1 aromatic carbocycles. The molecular formula is C14H19FN2O2. The molecule has 0 saturated heterocycles. The van der Waals surface area contributed by atoms with Crippen LogP contribution in [0.2, 0.25) is 0 Å². The van der Waals surface area contributed by atoms with E-state index in [1.165, 1.54) is 37.8 Å². The zero-order valence-electron chi connectivity index (χ0n) is 10.9. The van der Waals surface area contributed by atoms with Crippen molar-refractivity contribution in [1.29, 1.82) is 0 Å². The van der Waals surface area contributed by atoms with Crippen molar-refractivity contribution >= 4 is 5.69 Å². The zero-order valence-corrected chi connectivity index (χ0v) is 10.9. The lowest BCUT2D eigenvalue weighted by Crippen LogP contribution is -2.17. The van der Waals surface area contributed by atoms with Gasteiger partial charge in [0.1, 0.15) is 0 Å². The molecule has 1 fully saturated rings. The lowest BCUT2D eigenvalue weighted by Gasteiger charge is -2.09. The van der Waals surface area contributed by atoms with E-state index in [2.05, 4.69) is 5.32 Å². The van der Waals surface area contributed by atoms with E-state index in [1.807, 2.05) is 0 Å². The van der Waals surface area contributed by atoms with Crippen LogP contribution in [-0.2, 0) is 6.54 Å². The molecular weight excluding hydrogens is 247 g/mol. The summed E-state index contributed by atoms with van der Waals surface area (Å²) in [6, 6.07) is 4.06. The second-order valence-corrected chi connectivity index (χ2v) is 5.16. The molecule has 0 heterocycles. The third kappa shape index (κ3) is 3.99. The van der Waals surface area contributed by atoms with Gasteiger partial charge in [0.2, 0.25) is 5.82 Å². The number of rotatable bonds is 6. The normalized spacial score (nSPS) is 15.8. The summed E-state index contributed by atoms with van der Waals surface area (Å²) in [6.07, 6.45) is 6.51. The summed E-state index contributed by atoms with van der Waals surface area (Å²) in [5.74, 6) is 0.0705. The first-order chi connectivity index (χ1) is 9.16. The zero-order chi connectivity index (χ0) is 13.7. The summed E-state index contributed by atoms with van der Waals surface area (Å²) < 4.78 is 13.4. The number of hydrogen-bond acceptors (Lipinski definition) is 3. The summed E-state index contributed by atoms with van der Waals surface area (Å²) in [5, 5.41) is 13.8. The third-order valence-corrected chi connectivity index (χ3v) is 3.74. The standard InChI is InChI=1S/C14H19FN2O2/c15-13-9-12(5-6-14(13)17(18)19)10-16-8-7-11-3-1-2-4-11/h5-6,9,11,16H,1-4,7-8,10H2. The van der Waals surface area contributed by atoms with E-state index in [0.717, 1.165) is 24.4 Å². The molecule has 1 aliphatic rings. The van der Waals surface area contributed by atoms with E-state index in [-0.39, 0.29) is 0 Å². The van der Waals surface area contributed by atoms with Crippen LogP contribution >= 0.6 is 0 Å². The summed E-state index contributed by atoms with van der Waals surface area (Å²) in [7, 11) is 0. The molecule has 0 aliphatic heterocycles. The lowest BCUT2D eigenvalue weighted by atomic mass is 10.0. The van der Waals surface area contributed by atoms with Gasteiger partial charge in [0, 0.05) is 12.6 Å². The average Bonchev–Trinajstić information content (AvgIpc) is 2.87. The fourth-order valence-electron chi connectivity index (χ4n) is 2.65. The van der Waals surface area contributed by atoms with Gasteiger partial charge in [0.05, 0.1) is 4.92 Å². The van der Waals surface area contributed by atoms with E-state index in [1.54, 1.807) is 6.07 Å². The first kappa shape index (κ1) is 13.9. The lowest BCUT2D eigenvalue weighted by molar-refractivity contribution is -0.387. The van der Waals surface area contributed by atoms with Crippen molar-refractivity contribution in [2.24, 2.45) is 5.92 Å². The van der Waals surface area contributed by atoms with E-state index in [0.29, 0.717) is 6.54 Å². The van der Waals surface area contributed by atoms with E-state index in [4.69, 9.17) is 0 Å². The van der Waals surface area contributed by atoms with Crippen molar-refractivity contribution in [1.82, 2.24) is 5.32 Å². The highest BCUT2D eigenvalue weighted by molar-refractivity contribution is 5.34. The maximum absolute atomic E-state index is 13.4. The second-order valence-electron chi connectivity index (χ2n) is 5.16. The highest BCUT2D eigenvalue weighted by Crippen LogP contribution is 2.26. The Hall–Kier alpha value is -1.49. The van der Waals surface area contributed by atoms with Crippen LogP contribution in [0.25, 0.3) is 0 Å². The largest absolute Gasteiger partial charge is 0.313 e. The van der Waals surface area contributed by atoms with Crippen LogP contribution in [0.5, 0.6) is 0 Å². The molecule has 0 radical (unpaired) electrons. The topological polar surface area (TPSA) is 55.2 Å². The van der Waals surface area contributed by atoms with Crippen LogP contribution in [0.4, 0.5) is 10.1 Å². The summed E-state index contributed by atoms with van der Waals surface area (Å²) in [5.41, 5.74) is 0.282. The molecule has 1 aromatic rings. The number of nitro benzene ring substituents is 1. The molecule has 1 aliphatic carbocycles. The number of nitro groups is 1. The SMILES string of the molecule is O=[N+]([O-])c1ccc(CNCCC2CCCC2)cc1F. The minimum absolute atomic E-state index is 0.463. The Labute approximate surface area is 112 Å². The molecule has 0 spiro atoms. The summed E-state index contributed by atoms with van der Waals surface area (Å²) >= 11 is 0. The Morgan fingerprint density at radius 3 is 2.74 bits per heavy atom. The van der Waals surface area contributed by atoms with Gasteiger partial charge in [-0.15, -0.1) is 0 Å². The highest BCUT2D eigenvalue weighted by atomic mass is 19.1. The van der Waals surface area contributed by atoms with Gasteiger partial charge in [0.25, 0.3) is 0 Å². The highest BCUT2D eigenvalue weighted by Gasteiger charge is 2.15. The molecule has 19 heavy (non-hydrogen) atoms. The maximum atomic E-state index is 13.4. The van der Waals surface area contributed by atoms with Gasteiger partial charge in [0.15, 0.2) is 0 Å². The van der Waals surface area contributed by atoms with Crippen LogP contribution in [-0.4, -0.2) is 11.5 Å². The van der Waals surface area contributed by atoms with Crippen molar-refractivity contribution in [2.75, 3.05) is 6.54 Å². The Balaban J connectivity index is 1.76. The molecule has 0 amide bonds. The second kappa shape index (κ2) is 6.61. The van der Waals surface area contributed by atoms with E-state index < -0.39 is 16.4 Å². The predicted octanol–water partition coefficient (Wildman–Crippen LogP) is 3.40. The molecule has 2 rings (SSSR count). The average molecular weight is 266 g/mol. The Morgan fingerprint density at radius 1 is 1.37 bits per heavy atom. The van der Waals surface area contributed by atoms with Crippen molar-refractivity contribution in [3.05, 3.63) is 39.7 Å². The minimum atomic E-state index is -0.764. The quantitative estimate of drug-likeness (QED) is 0.487. The van der Waals surface area contributed by atoms with Crippen LogP contribution < -0.4 is 5.32 Å². The van der Waals surface area contributed by atoms with Crippen molar-refractivity contribution < 1.29 is 9.31 Å². The number of benzene rings is 1. The Bertz CT molecular complexity index is 445. The van der Waals surface area contributed by atoms with E-state index >= 15 is 0 Å². The smallest absolute Gasteiger partial charge is 0.304 e. The fraction of sp³-hybridized carbons (Fsp3) is 0.571. The summed E-state index contributed by atoms with van der Waals surface area (Å²) in [6.45, 7) is 1.48. The third-order valence-electron chi connectivity index (χ3n) is 3.74. The van der Waals surface area contributed by atoms with Crippen molar-refractivity contribution in [3.63, 3.8) is 0 Å². The minimum Gasteiger partial charge on any atom is -0.313 e. The van der Waals surface area contributed by atoms with Gasteiger partial charge in [-0.3, -0.25) is 10.1 Å². The monoisotopic (exact) mass is 266 g/mol. The van der Waals surface area contributed by atoms with Crippen molar-refractivity contribution in [2.45, 2.75) is 38.6 Å². The van der Waals surface area contributed by atoms with Crippen LogP contribution in [0, 0.1) is 21.8 Å². The molecule has 0 atom stereocenters. The van der Waals surface area contributed by atoms with Gasteiger partial charge in [-0.1, -0.05) is 31.7 Å². The number of nitrogens with one attached hydrogen (secondary N) is 1. The molecule has 0 bridgehead atoms. The molecule has 104 valence electrons. The van der Waals surface area contributed by atoms with Crippen LogP contribution in [0.1, 0.15) is 37.7 Å². The first-order valence-electron chi connectivity index (χ1n) is 6.80. The fourth-order valence-corrected chi connectivity index (χ4v) is 2.65. The van der Waals surface area contributed by atoms with Crippen LogP contribution in [0.15, 0.2) is 18.2 Å². The van der Waals surface area contributed by atoms with Gasteiger partial charge in [-0.2, -0.15) is 4.39 Å². The molecule has 1 saturated carbocycles. The number of hydrogen-bond donors (Lipinski definition) is 1. The van der Waals surface area contributed by atoms with Gasteiger partial charge in [-0.25, -0.2) is 0 Å². The van der Waals surface area contributed by atoms with Gasteiger partial charge in [-0.05, 0) is 30.5 Å². The molecule has 5 heteroatoms. The Kier molecular flexibility index (Phi) is 4.85. The van der Waals surface area contributed by atoms with Gasteiger partial charge >= 0.3 is 5.69 Å². The number of halogens is 1. The maximum Gasteiger partial charge on any atom is 0.304 e. The number of nitrogens with zero attached hydrogens (tertiary/aromatic N) is 1. The molecule has 4 nitrogen and oxygen atoms in total.